The van der Waals surface area contributed by atoms with Gasteiger partial charge >= 0.3 is 0 Å². The molecular weight excluding hydrogens is 314 g/mol. The minimum atomic E-state index is 0.0322. The first-order chi connectivity index (χ1) is 12.2. The second-order valence-electron chi connectivity index (χ2n) is 6.35. The predicted octanol–water partition coefficient (Wildman–Crippen LogP) is 2.27. The summed E-state index contributed by atoms with van der Waals surface area (Å²) in [5.74, 6) is 0.947. The van der Waals surface area contributed by atoms with Crippen molar-refractivity contribution < 1.29 is 4.74 Å². The average Bonchev–Trinajstić information content (AvgIpc) is 3.06. The van der Waals surface area contributed by atoms with Crippen LogP contribution in [0.4, 0.5) is 0 Å². The third-order valence-corrected chi connectivity index (χ3v) is 4.46. The highest BCUT2D eigenvalue weighted by molar-refractivity contribution is 5.80. The molecule has 25 heavy (non-hydrogen) atoms. The van der Waals surface area contributed by atoms with Crippen molar-refractivity contribution in [1.29, 1.82) is 0 Å². The van der Waals surface area contributed by atoms with Gasteiger partial charge in [-0.3, -0.25) is 4.68 Å². The number of aliphatic imine (C=N–C) groups is 1. The van der Waals surface area contributed by atoms with Gasteiger partial charge in [-0.2, -0.15) is 5.10 Å². The summed E-state index contributed by atoms with van der Waals surface area (Å²) in [6.45, 7) is 8.08. The minimum absolute atomic E-state index is 0.0322. The Labute approximate surface area is 149 Å². The molecule has 1 atom stereocenters. The van der Waals surface area contributed by atoms with Crippen molar-refractivity contribution in [2.45, 2.75) is 26.5 Å². The van der Waals surface area contributed by atoms with E-state index in [4.69, 9.17) is 9.73 Å². The molecule has 3 rings (SSSR count). The maximum absolute atomic E-state index is 5.94. The van der Waals surface area contributed by atoms with Crippen molar-refractivity contribution in [2.75, 3.05) is 26.2 Å². The van der Waals surface area contributed by atoms with Crippen LogP contribution >= 0.6 is 0 Å². The fourth-order valence-electron chi connectivity index (χ4n) is 3.02. The lowest BCUT2D eigenvalue weighted by Gasteiger charge is -2.34. The van der Waals surface area contributed by atoms with Gasteiger partial charge in [0.1, 0.15) is 6.10 Å². The molecular formula is C19H27N5O. The number of nitrogens with zero attached hydrogens (tertiary/aromatic N) is 4. The number of morpholine rings is 1. The van der Waals surface area contributed by atoms with E-state index in [0.29, 0.717) is 13.2 Å². The Morgan fingerprint density at radius 1 is 1.40 bits per heavy atom. The molecule has 0 saturated carbocycles. The molecule has 6 nitrogen and oxygen atoms in total. The summed E-state index contributed by atoms with van der Waals surface area (Å²) in [5.41, 5.74) is 3.65. The van der Waals surface area contributed by atoms with Crippen molar-refractivity contribution in [2.24, 2.45) is 12.0 Å². The molecule has 0 bridgehead atoms. The van der Waals surface area contributed by atoms with Gasteiger partial charge in [-0.05, 0) is 25.0 Å². The number of benzene rings is 1. The molecule has 1 fully saturated rings. The zero-order valence-electron chi connectivity index (χ0n) is 15.3. The Morgan fingerprint density at radius 3 is 2.96 bits per heavy atom. The van der Waals surface area contributed by atoms with Crippen molar-refractivity contribution in [1.82, 2.24) is 20.0 Å². The summed E-state index contributed by atoms with van der Waals surface area (Å²) in [6.07, 6.45) is 3.93. The summed E-state index contributed by atoms with van der Waals surface area (Å²) in [5, 5.41) is 7.67. The van der Waals surface area contributed by atoms with Crippen LogP contribution in [-0.2, 0) is 18.3 Å². The number of aryl methyl sites for hydroxylation is 2. The molecule has 6 heteroatoms. The van der Waals surface area contributed by atoms with Gasteiger partial charge in [0.05, 0.1) is 25.9 Å². The maximum atomic E-state index is 5.94. The van der Waals surface area contributed by atoms with Crippen LogP contribution in [0.5, 0.6) is 0 Å². The number of aromatic nitrogens is 2. The van der Waals surface area contributed by atoms with E-state index in [-0.39, 0.29) is 6.10 Å². The number of hydrogen-bond acceptors (Lipinski definition) is 3. The number of ether oxygens (including phenoxy) is 1. The molecule has 0 spiro atoms. The van der Waals surface area contributed by atoms with Gasteiger partial charge < -0.3 is 15.0 Å². The Hall–Kier alpha value is -2.34. The summed E-state index contributed by atoms with van der Waals surface area (Å²) in [4.78, 5) is 7.14. The summed E-state index contributed by atoms with van der Waals surface area (Å²) < 4.78 is 7.75. The number of nitrogens with one attached hydrogen (secondary N) is 1. The Bertz CT molecular complexity index is 724. The highest BCUT2D eigenvalue weighted by Gasteiger charge is 2.25. The predicted molar refractivity (Wildman–Crippen MR) is 99.5 cm³/mol. The average molecular weight is 341 g/mol. The highest BCUT2D eigenvalue weighted by atomic mass is 16.5. The van der Waals surface area contributed by atoms with Gasteiger partial charge in [0.2, 0.25) is 0 Å². The van der Waals surface area contributed by atoms with Gasteiger partial charge in [0.15, 0.2) is 5.96 Å². The quantitative estimate of drug-likeness (QED) is 0.685. The normalized spacial score (nSPS) is 18.4. The van der Waals surface area contributed by atoms with Crippen LogP contribution in [-0.4, -0.2) is 46.9 Å². The lowest BCUT2D eigenvalue weighted by molar-refractivity contribution is -0.00805. The summed E-state index contributed by atoms with van der Waals surface area (Å²) >= 11 is 0. The number of guanidine groups is 1. The summed E-state index contributed by atoms with van der Waals surface area (Å²) in [6, 6.07) is 8.40. The van der Waals surface area contributed by atoms with E-state index in [1.165, 1.54) is 11.1 Å². The monoisotopic (exact) mass is 341 g/mol. The topological polar surface area (TPSA) is 54.7 Å². The Kier molecular flexibility index (Phi) is 5.71. The van der Waals surface area contributed by atoms with E-state index < -0.39 is 0 Å². The van der Waals surface area contributed by atoms with Gasteiger partial charge in [0, 0.05) is 31.9 Å². The first-order valence-corrected chi connectivity index (χ1v) is 8.85. The Balaban J connectivity index is 1.73. The molecule has 1 saturated heterocycles. The maximum Gasteiger partial charge on any atom is 0.194 e. The second-order valence-corrected chi connectivity index (χ2v) is 6.35. The van der Waals surface area contributed by atoms with Crippen LogP contribution in [0.2, 0.25) is 0 Å². The second kappa shape index (κ2) is 8.16. The van der Waals surface area contributed by atoms with Crippen molar-refractivity contribution >= 4 is 5.96 Å². The lowest BCUT2D eigenvalue weighted by atomic mass is 10.1. The molecule has 0 radical (unpaired) electrons. The number of hydrogen-bond donors (Lipinski definition) is 1. The van der Waals surface area contributed by atoms with E-state index in [1.807, 2.05) is 24.1 Å². The fraction of sp³-hybridized carbons (Fsp3) is 0.474. The van der Waals surface area contributed by atoms with Gasteiger partial charge in [-0.15, -0.1) is 0 Å². The van der Waals surface area contributed by atoms with Crippen LogP contribution < -0.4 is 5.32 Å². The van der Waals surface area contributed by atoms with Crippen molar-refractivity contribution in [3.8, 4) is 0 Å². The van der Waals surface area contributed by atoms with Gasteiger partial charge in [-0.1, -0.05) is 24.3 Å². The molecule has 2 heterocycles. The Morgan fingerprint density at radius 2 is 2.24 bits per heavy atom. The molecule has 134 valence electrons. The largest absolute Gasteiger partial charge is 0.370 e. The molecule has 2 aromatic rings. The van der Waals surface area contributed by atoms with Crippen LogP contribution in [0.25, 0.3) is 0 Å². The third kappa shape index (κ3) is 4.39. The first-order valence-electron chi connectivity index (χ1n) is 8.85. The SMILES string of the molecule is CCNC(=NCc1ccccc1C)N1CCOC(c2cnn(C)c2)C1. The minimum Gasteiger partial charge on any atom is -0.370 e. The highest BCUT2D eigenvalue weighted by Crippen LogP contribution is 2.21. The zero-order chi connectivity index (χ0) is 17.6. The molecule has 1 N–H and O–H groups in total. The van der Waals surface area contributed by atoms with Crippen LogP contribution in [0.3, 0.4) is 0 Å². The summed E-state index contributed by atoms with van der Waals surface area (Å²) in [7, 11) is 1.93. The third-order valence-electron chi connectivity index (χ3n) is 4.46. The van der Waals surface area contributed by atoms with E-state index in [9.17, 15) is 0 Å². The molecule has 0 amide bonds. The van der Waals surface area contributed by atoms with E-state index in [1.54, 1.807) is 0 Å². The smallest absolute Gasteiger partial charge is 0.194 e. The first kappa shape index (κ1) is 17.5. The number of rotatable bonds is 4. The lowest BCUT2D eigenvalue weighted by Crippen LogP contribution is -2.48. The zero-order valence-corrected chi connectivity index (χ0v) is 15.3. The standard InChI is InChI=1S/C19H27N5O/c1-4-20-19(21-11-16-8-6-5-7-15(16)2)24-9-10-25-18(14-24)17-12-22-23(3)13-17/h5-8,12-13,18H,4,9-11,14H2,1-3H3,(H,20,21). The van der Waals surface area contributed by atoms with E-state index in [0.717, 1.165) is 31.2 Å². The fourth-order valence-corrected chi connectivity index (χ4v) is 3.02. The molecule has 1 aliphatic rings. The van der Waals surface area contributed by atoms with Crippen LogP contribution in [0.1, 0.15) is 29.7 Å². The van der Waals surface area contributed by atoms with Crippen molar-refractivity contribution in [3.63, 3.8) is 0 Å². The van der Waals surface area contributed by atoms with Crippen LogP contribution in [0, 0.1) is 6.92 Å². The molecule has 0 aliphatic carbocycles. The van der Waals surface area contributed by atoms with Gasteiger partial charge in [0.25, 0.3) is 0 Å². The molecule has 1 unspecified atom stereocenters. The van der Waals surface area contributed by atoms with E-state index >= 15 is 0 Å². The van der Waals surface area contributed by atoms with Crippen LogP contribution in [0.15, 0.2) is 41.7 Å². The molecule has 1 aromatic carbocycles. The van der Waals surface area contributed by atoms with E-state index in [2.05, 4.69) is 53.4 Å². The molecule has 1 aliphatic heterocycles. The van der Waals surface area contributed by atoms with Crippen molar-refractivity contribution in [3.05, 3.63) is 53.3 Å². The van der Waals surface area contributed by atoms with Gasteiger partial charge in [-0.25, -0.2) is 4.99 Å². The molecule has 1 aromatic heterocycles.